The third kappa shape index (κ3) is 4.53. The second-order valence-corrected chi connectivity index (χ2v) is 6.18. The van der Waals surface area contributed by atoms with Crippen LogP contribution in [0.2, 0.25) is 0 Å². The van der Waals surface area contributed by atoms with Crippen molar-refractivity contribution in [2.24, 2.45) is 0 Å². The molecule has 1 aromatic heterocycles. The normalized spacial score (nSPS) is 12.9. The average Bonchev–Trinajstić information content (AvgIpc) is 2.84. The number of carbonyl (C=O) groups excluding carboxylic acids is 1. The monoisotopic (exact) mass is 318 g/mol. The van der Waals surface area contributed by atoms with Gasteiger partial charge in [0.2, 0.25) is 15.9 Å². The summed E-state index contributed by atoms with van der Waals surface area (Å²) in [7, 11) is -2.37. The maximum Gasteiger partial charge on any atom is 0.325 e. The Morgan fingerprint density at radius 1 is 1.52 bits per heavy atom. The number of sulfonamides is 1. The third-order valence-corrected chi connectivity index (χ3v) is 4.27. The molecule has 10 heteroatoms. The molecule has 0 spiro atoms. The van der Waals surface area contributed by atoms with Crippen LogP contribution in [0.5, 0.6) is 0 Å². The Labute approximate surface area is 122 Å². The van der Waals surface area contributed by atoms with Crippen LogP contribution in [0, 0.1) is 0 Å². The minimum atomic E-state index is -3.93. The number of aromatic nitrogens is 2. The lowest BCUT2D eigenvalue weighted by Crippen LogP contribution is -2.45. The van der Waals surface area contributed by atoms with Crippen molar-refractivity contribution >= 4 is 21.9 Å². The molecule has 1 heterocycles. The number of amides is 1. The Balaban J connectivity index is 2.84. The lowest BCUT2D eigenvalue weighted by molar-refractivity contribution is -0.138. The van der Waals surface area contributed by atoms with Crippen molar-refractivity contribution in [2.45, 2.75) is 31.3 Å². The van der Waals surface area contributed by atoms with Crippen LogP contribution >= 0.6 is 0 Å². The van der Waals surface area contributed by atoms with E-state index in [1.165, 1.54) is 11.8 Å². The molecule has 0 bridgehead atoms. The van der Waals surface area contributed by atoms with Gasteiger partial charge in [-0.3, -0.25) is 14.3 Å². The quantitative estimate of drug-likeness (QED) is 0.673. The van der Waals surface area contributed by atoms with E-state index >= 15 is 0 Å². The molecule has 9 nitrogen and oxygen atoms in total. The van der Waals surface area contributed by atoms with E-state index in [9.17, 15) is 18.0 Å². The summed E-state index contributed by atoms with van der Waals surface area (Å²) in [4.78, 5) is 23.6. The van der Waals surface area contributed by atoms with E-state index in [0.29, 0.717) is 6.54 Å². The molecule has 118 valence electrons. The summed E-state index contributed by atoms with van der Waals surface area (Å²) < 4.78 is 27.4. The summed E-state index contributed by atoms with van der Waals surface area (Å²) in [6, 6.07) is -0.928. The molecule has 0 aliphatic heterocycles. The van der Waals surface area contributed by atoms with Gasteiger partial charge in [0, 0.05) is 19.8 Å². The molecule has 0 aliphatic carbocycles. The molecular weight excluding hydrogens is 300 g/mol. The molecule has 21 heavy (non-hydrogen) atoms. The number of hydrogen-bond acceptors (Lipinski definition) is 5. The van der Waals surface area contributed by atoms with Crippen molar-refractivity contribution in [1.82, 2.24) is 19.4 Å². The fourth-order valence-corrected chi connectivity index (χ4v) is 2.69. The molecule has 0 fully saturated rings. The molecule has 1 amide bonds. The summed E-state index contributed by atoms with van der Waals surface area (Å²) >= 11 is 0. The van der Waals surface area contributed by atoms with Crippen molar-refractivity contribution in [1.29, 1.82) is 0 Å². The fourth-order valence-electron chi connectivity index (χ4n) is 1.55. The molecule has 0 saturated heterocycles. The fraction of sp³-hybridized carbons (Fsp3) is 0.545. The van der Waals surface area contributed by atoms with Gasteiger partial charge in [0.05, 0.1) is 12.2 Å². The smallest absolute Gasteiger partial charge is 0.325 e. The number of hydrogen-bond donors (Lipinski definition) is 2. The van der Waals surface area contributed by atoms with Gasteiger partial charge in [-0.05, 0) is 13.8 Å². The number of carbonyl (C=O) groups is 2. The van der Waals surface area contributed by atoms with Crippen LogP contribution in [0.25, 0.3) is 0 Å². The molecule has 1 atom stereocenters. The second kappa shape index (κ2) is 6.68. The highest BCUT2D eigenvalue weighted by atomic mass is 32.2. The highest BCUT2D eigenvalue weighted by Crippen LogP contribution is 2.08. The van der Waals surface area contributed by atoms with Crippen LogP contribution in [0.4, 0.5) is 0 Å². The van der Waals surface area contributed by atoms with Gasteiger partial charge in [-0.15, -0.1) is 0 Å². The zero-order valence-corrected chi connectivity index (χ0v) is 12.8. The van der Waals surface area contributed by atoms with Gasteiger partial charge in [-0.25, -0.2) is 8.42 Å². The molecule has 2 N–H and O–H groups in total. The number of nitrogens with one attached hydrogen (secondary N) is 1. The zero-order valence-electron chi connectivity index (χ0n) is 12.0. The van der Waals surface area contributed by atoms with Gasteiger partial charge in [-0.2, -0.15) is 9.82 Å². The average molecular weight is 318 g/mol. The van der Waals surface area contributed by atoms with Crippen molar-refractivity contribution in [2.75, 3.05) is 13.6 Å². The van der Waals surface area contributed by atoms with E-state index in [2.05, 4.69) is 9.82 Å². The summed E-state index contributed by atoms with van der Waals surface area (Å²) in [6.45, 7) is 3.23. The highest BCUT2D eigenvalue weighted by molar-refractivity contribution is 7.89. The summed E-state index contributed by atoms with van der Waals surface area (Å²) in [5.41, 5.74) is 0. The van der Waals surface area contributed by atoms with Crippen LogP contribution in [-0.4, -0.2) is 59.7 Å². The standard InChI is InChI=1S/C11H18N4O5S/c1-4-14(3)11(18)8(2)13-21(19,20)9-5-12-15(6-9)7-10(16)17/h5-6,8,13H,4,7H2,1-3H3,(H,16,17). The van der Waals surface area contributed by atoms with Crippen molar-refractivity contribution < 1.29 is 23.1 Å². The Morgan fingerprint density at radius 2 is 2.14 bits per heavy atom. The van der Waals surface area contributed by atoms with Gasteiger partial charge in [0.1, 0.15) is 11.4 Å². The van der Waals surface area contributed by atoms with Gasteiger partial charge >= 0.3 is 5.97 Å². The minimum absolute atomic E-state index is 0.192. The van der Waals surface area contributed by atoms with Crippen LogP contribution in [-0.2, 0) is 26.2 Å². The Bertz CT molecular complexity index is 624. The molecule has 0 radical (unpaired) electrons. The van der Waals surface area contributed by atoms with E-state index in [4.69, 9.17) is 5.11 Å². The Morgan fingerprint density at radius 3 is 2.67 bits per heavy atom. The Kier molecular flexibility index (Phi) is 5.44. The van der Waals surface area contributed by atoms with E-state index in [-0.39, 0.29) is 10.8 Å². The molecule has 1 rings (SSSR count). The summed E-state index contributed by atoms with van der Waals surface area (Å²) in [5, 5.41) is 12.3. The van der Waals surface area contributed by atoms with Crippen molar-refractivity contribution in [3.63, 3.8) is 0 Å². The SMILES string of the molecule is CCN(C)C(=O)C(C)NS(=O)(=O)c1cnn(CC(=O)O)c1. The van der Waals surface area contributed by atoms with Gasteiger partial charge in [0.15, 0.2) is 0 Å². The Hall–Kier alpha value is -1.94. The summed E-state index contributed by atoms with van der Waals surface area (Å²) in [6.07, 6.45) is 2.13. The van der Waals surface area contributed by atoms with E-state index in [0.717, 1.165) is 17.1 Å². The maximum absolute atomic E-state index is 12.1. The van der Waals surface area contributed by atoms with E-state index in [1.54, 1.807) is 14.0 Å². The highest BCUT2D eigenvalue weighted by Gasteiger charge is 2.25. The van der Waals surface area contributed by atoms with E-state index < -0.39 is 28.6 Å². The lowest BCUT2D eigenvalue weighted by atomic mass is 10.3. The molecule has 1 unspecified atom stereocenters. The predicted molar refractivity (Wildman–Crippen MR) is 73.0 cm³/mol. The summed E-state index contributed by atoms with van der Waals surface area (Å²) in [5.74, 6) is -1.50. The van der Waals surface area contributed by atoms with Crippen LogP contribution in [0.1, 0.15) is 13.8 Å². The maximum atomic E-state index is 12.1. The van der Waals surface area contributed by atoms with E-state index in [1.807, 2.05) is 0 Å². The van der Waals surface area contributed by atoms with Crippen LogP contribution in [0.3, 0.4) is 0 Å². The van der Waals surface area contributed by atoms with Gasteiger partial charge in [-0.1, -0.05) is 0 Å². The molecule has 0 aliphatic rings. The first-order valence-corrected chi connectivity index (χ1v) is 7.67. The number of likely N-dealkylation sites (N-methyl/N-ethyl adjacent to an activating group) is 1. The predicted octanol–water partition coefficient (Wildman–Crippen LogP) is -0.887. The first-order chi connectivity index (χ1) is 9.67. The zero-order chi connectivity index (χ0) is 16.2. The molecule has 0 aromatic carbocycles. The number of nitrogens with zero attached hydrogens (tertiary/aromatic N) is 3. The molecule has 1 aromatic rings. The minimum Gasteiger partial charge on any atom is -0.480 e. The molecular formula is C11H18N4O5S. The third-order valence-electron chi connectivity index (χ3n) is 2.77. The van der Waals surface area contributed by atoms with Crippen molar-refractivity contribution in [3.8, 4) is 0 Å². The first-order valence-electron chi connectivity index (χ1n) is 6.19. The lowest BCUT2D eigenvalue weighted by Gasteiger charge is -2.20. The topological polar surface area (TPSA) is 122 Å². The van der Waals surface area contributed by atoms with Gasteiger partial charge < -0.3 is 10.0 Å². The first kappa shape index (κ1) is 17.1. The second-order valence-electron chi connectivity index (χ2n) is 4.46. The largest absolute Gasteiger partial charge is 0.480 e. The van der Waals surface area contributed by atoms with Crippen LogP contribution in [0.15, 0.2) is 17.3 Å². The van der Waals surface area contributed by atoms with Crippen molar-refractivity contribution in [3.05, 3.63) is 12.4 Å². The number of rotatable bonds is 7. The van der Waals surface area contributed by atoms with Gasteiger partial charge in [0.25, 0.3) is 0 Å². The molecule has 0 saturated carbocycles. The number of aliphatic carboxylic acids is 1. The number of carboxylic acids is 1. The number of carboxylic acid groups (broad SMARTS) is 1. The van der Waals surface area contributed by atoms with Crippen LogP contribution < -0.4 is 4.72 Å².